The molecule has 3 aromatic carbocycles. The van der Waals surface area contributed by atoms with Crippen molar-refractivity contribution in [3.8, 4) is 22.6 Å². The summed E-state index contributed by atoms with van der Waals surface area (Å²) in [5.41, 5.74) is 3.09. The van der Waals surface area contributed by atoms with Gasteiger partial charge in [0, 0.05) is 29.5 Å². The quantitative estimate of drug-likeness (QED) is 0.407. The lowest BCUT2D eigenvalue weighted by molar-refractivity contribution is -0.152. The minimum absolute atomic E-state index is 0.344. The van der Waals surface area contributed by atoms with Crippen LogP contribution < -0.4 is 14.8 Å². The Morgan fingerprint density at radius 1 is 0.970 bits per heavy atom. The number of ether oxygens (including phenoxy) is 3. The Morgan fingerprint density at radius 3 is 2.45 bits per heavy atom. The summed E-state index contributed by atoms with van der Waals surface area (Å²) in [6.45, 7) is 1.27. The number of nitrogens with one attached hydrogen (secondary N) is 2. The van der Waals surface area contributed by atoms with Gasteiger partial charge in [0.05, 0.1) is 19.7 Å². The predicted molar refractivity (Wildman–Crippen MR) is 124 cm³/mol. The van der Waals surface area contributed by atoms with Gasteiger partial charge in [-0.1, -0.05) is 36.4 Å². The highest BCUT2D eigenvalue weighted by atomic mass is 16.5. The van der Waals surface area contributed by atoms with E-state index in [2.05, 4.69) is 15.5 Å². The topological polar surface area (TPSA) is 103 Å². The van der Waals surface area contributed by atoms with Gasteiger partial charge >= 0.3 is 5.97 Å². The largest absolute Gasteiger partial charge is 0.497 e. The number of fused-ring (bicyclic) bond motifs is 1. The Bertz CT molecular complexity index is 1300. The van der Waals surface area contributed by atoms with Crippen LogP contribution in [-0.2, 0) is 14.3 Å². The van der Waals surface area contributed by atoms with Crippen LogP contribution in [0.5, 0.6) is 11.5 Å². The molecule has 4 aromatic rings. The van der Waals surface area contributed by atoms with Crippen LogP contribution in [0.25, 0.3) is 22.0 Å². The number of amides is 1. The number of aromatic nitrogens is 2. The molecule has 0 aliphatic heterocycles. The molecule has 4 rings (SSSR count). The van der Waals surface area contributed by atoms with Gasteiger partial charge in [-0.2, -0.15) is 5.10 Å². The molecule has 0 bridgehead atoms. The predicted octanol–water partition coefficient (Wildman–Crippen LogP) is 4.49. The fourth-order valence-corrected chi connectivity index (χ4v) is 3.57. The van der Waals surface area contributed by atoms with Crippen LogP contribution in [0.15, 0.2) is 66.7 Å². The van der Waals surface area contributed by atoms with Gasteiger partial charge in [0.1, 0.15) is 11.5 Å². The SMILES string of the molecule is COc1ccc(-c2ccc3c(NC(=O)C(OC(C)=O)c4ccccc4)n[nH]c3c2)c(OC)c1. The van der Waals surface area contributed by atoms with Crippen LogP contribution in [0.1, 0.15) is 18.6 Å². The van der Waals surface area contributed by atoms with E-state index in [0.717, 1.165) is 16.6 Å². The summed E-state index contributed by atoms with van der Waals surface area (Å²) in [7, 11) is 3.21. The second-order valence-corrected chi connectivity index (χ2v) is 7.29. The average Bonchev–Trinajstić information content (AvgIpc) is 3.24. The number of carbonyl (C=O) groups excluding carboxylic acids is 2. The minimum atomic E-state index is -1.08. The number of esters is 1. The first-order valence-electron chi connectivity index (χ1n) is 10.2. The van der Waals surface area contributed by atoms with Crippen molar-refractivity contribution in [1.82, 2.24) is 10.2 Å². The number of hydrogen-bond donors (Lipinski definition) is 2. The maximum atomic E-state index is 13.0. The Kier molecular flexibility index (Phi) is 6.26. The van der Waals surface area contributed by atoms with Crippen molar-refractivity contribution in [1.29, 1.82) is 0 Å². The molecule has 168 valence electrons. The van der Waals surface area contributed by atoms with E-state index in [1.54, 1.807) is 38.5 Å². The molecule has 1 amide bonds. The summed E-state index contributed by atoms with van der Waals surface area (Å²) in [6.07, 6.45) is -1.08. The summed E-state index contributed by atoms with van der Waals surface area (Å²) in [5, 5.41) is 10.7. The molecule has 0 saturated carbocycles. The van der Waals surface area contributed by atoms with E-state index in [1.807, 2.05) is 42.5 Å². The number of anilines is 1. The summed E-state index contributed by atoms with van der Waals surface area (Å²) in [4.78, 5) is 24.5. The first-order valence-corrected chi connectivity index (χ1v) is 10.2. The number of benzene rings is 3. The lowest BCUT2D eigenvalue weighted by Gasteiger charge is -2.16. The van der Waals surface area contributed by atoms with Crippen molar-refractivity contribution in [3.05, 3.63) is 72.3 Å². The maximum Gasteiger partial charge on any atom is 0.303 e. The molecule has 1 aromatic heterocycles. The zero-order valence-electron chi connectivity index (χ0n) is 18.4. The van der Waals surface area contributed by atoms with Crippen LogP contribution in [-0.4, -0.2) is 36.3 Å². The van der Waals surface area contributed by atoms with E-state index < -0.39 is 18.0 Å². The third-order valence-electron chi connectivity index (χ3n) is 5.15. The van der Waals surface area contributed by atoms with E-state index >= 15 is 0 Å². The average molecular weight is 445 g/mol. The third kappa shape index (κ3) is 4.64. The maximum absolute atomic E-state index is 13.0. The monoisotopic (exact) mass is 445 g/mol. The first kappa shape index (κ1) is 21.9. The number of nitrogens with zero attached hydrogens (tertiary/aromatic N) is 1. The fourth-order valence-electron chi connectivity index (χ4n) is 3.57. The molecule has 0 aliphatic rings. The van der Waals surface area contributed by atoms with Crippen molar-refractivity contribution >= 4 is 28.6 Å². The van der Waals surface area contributed by atoms with Crippen molar-refractivity contribution in [2.45, 2.75) is 13.0 Å². The van der Waals surface area contributed by atoms with Gasteiger partial charge in [-0.15, -0.1) is 0 Å². The Morgan fingerprint density at radius 2 is 1.76 bits per heavy atom. The number of hydrogen-bond acceptors (Lipinski definition) is 6. The van der Waals surface area contributed by atoms with Crippen LogP contribution in [0.2, 0.25) is 0 Å². The van der Waals surface area contributed by atoms with Crippen molar-refractivity contribution in [2.75, 3.05) is 19.5 Å². The van der Waals surface area contributed by atoms with E-state index in [0.29, 0.717) is 28.3 Å². The molecule has 1 unspecified atom stereocenters. The van der Waals surface area contributed by atoms with Crippen molar-refractivity contribution in [2.24, 2.45) is 0 Å². The zero-order valence-corrected chi connectivity index (χ0v) is 18.4. The standard InChI is InChI=1S/C25H23N3O5/c1-15(29)33-23(16-7-5-4-6-8-16)25(30)26-24-20-11-9-17(13-21(20)27-28-24)19-12-10-18(31-2)14-22(19)32-3/h4-14,23H,1-3H3,(H2,26,27,28,30). The minimum Gasteiger partial charge on any atom is -0.497 e. The lowest BCUT2D eigenvalue weighted by Crippen LogP contribution is -2.25. The molecule has 0 saturated heterocycles. The Balaban J connectivity index is 1.62. The van der Waals surface area contributed by atoms with Gasteiger partial charge in [-0.3, -0.25) is 14.7 Å². The van der Waals surface area contributed by atoms with E-state index in [1.165, 1.54) is 6.92 Å². The molecule has 0 aliphatic carbocycles. The Hall–Kier alpha value is -4.33. The number of rotatable bonds is 7. The highest BCUT2D eigenvalue weighted by Gasteiger charge is 2.25. The van der Waals surface area contributed by atoms with Gasteiger partial charge in [-0.05, 0) is 29.8 Å². The second kappa shape index (κ2) is 9.44. The van der Waals surface area contributed by atoms with Crippen molar-refractivity contribution < 1.29 is 23.8 Å². The van der Waals surface area contributed by atoms with Gasteiger partial charge in [0.2, 0.25) is 6.10 Å². The summed E-state index contributed by atoms with van der Waals surface area (Å²) >= 11 is 0. The van der Waals surface area contributed by atoms with Crippen LogP contribution in [0.4, 0.5) is 5.82 Å². The number of aromatic amines is 1. The molecule has 8 heteroatoms. The smallest absolute Gasteiger partial charge is 0.303 e. The lowest BCUT2D eigenvalue weighted by atomic mass is 10.0. The van der Waals surface area contributed by atoms with Crippen LogP contribution in [0, 0.1) is 0 Å². The van der Waals surface area contributed by atoms with Gasteiger partial charge in [-0.25, -0.2) is 0 Å². The molecule has 0 spiro atoms. The fraction of sp³-hybridized carbons (Fsp3) is 0.160. The molecule has 1 atom stereocenters. The first-order chi connectivity index (χ1) is 16.0. The second-order valence-electron chi connectivity index (χ2n) is 7.29. The van der Waals surface area contributed by atoms with Gasteiger partial charge in [0.25, 0.3) is 5.91 Å². The van der Waals surface area contributed by atoms with Crippen LogP contribution >= 0.6 is 0 Å². The van der Waals surface area contributed by atoms with Gasteiger partial charge < -0.3 is 19.5 Å². The molecule has 33 heavy (non-hydrogen) atoms. The summed E-state index contributed by atoms with van der Waals surface area (Å²) < 4.78 is 16.0. The molecular weight excluding hydrogens is 422 g/mol. The zero-order chi connectivity index (χ0) is 23.4. The highest BCUT2D eigenvalue weighted by molar-refractivity contribution is 6.03. The van der Waals surface area contributed by atoms with Crippen molar-refractivity contribution in [3.63, 3.8) is 0 Å². The highest BCUT2D eigenvalue weighted by Crippen LogP contribution is 2.35. The molecule has 0 radical (unpaired) electrons. The Labute approximate surface area is 190 Å². The van der Waals surface area contributed by atoms with E-state index in [4.69, 9.17) is 14.2 Å². The molecular formula is C25H23N3O5. The van der Waals surface area contributed by atoms with E-state index in [9.17, 15) is 9.59 Å². The van der Waals surface area contributed by atoms with Crippen LogP contribution in [0.3, 0.4) is 0 Å². The summed E-state index contributed by atoms with van der Waals surface area (Å²) in [6, 6.07) is 20.1. The third-order valence-corrected chi connectivity index (χ3v) is 5.15. The van der Waals surface area contributed by atoms with Gasteiger partial charge in [0.15, 0.2) is 5.82 Å². The number of methoxy groups -OCH3 is 2. The molecule has 8 nitrogen and oxygen atoms in total. The summed E-state index contributed by atoms with van der Waals surface area (Å²) in [5.74, 6) is 0.670. The molecule has 2 N–H and O–H groups in total. The van der Waals surface area contributed by atoms with E-state index in [-0.39, 0.29) is 0 Å². The number of carbonyl (C=O) groups is 2. The molecule has 1 heterocycles. The number of H-pyrrole nitrogens is 1. The molecule has 0 fully saturated rings. The normalized spacial score (nSPS) is 11.6.